The van der Waals surface area contributed by atoms with E-state index in [9.17, 15) is 4.79 Å². The van der Waals surface area contributed by atoms with E-state index in [1.807, 2.05) is 24.3 Å². The Kier molecular flexibility index (Phi) is 8.19. The van der Waals surface area contributed by atoms with Crippen molar-refractivity contribution in [1.29, 1.82) is 0 Å². The third kappa shape index (κ3) is 6.14. The van der Waals surface area contributed by atoms with E-state index in [0.29, 0.717) is 19.5 Å². The molecular formula is C12H19ClN2O2. The van der Waals surface area contributed by atoms with Gasteiger partial charge in [0, 0.05) is 13.0 Å². The summed E-state index contributed by atoms with van der Waals surface area (Å²) in [4.78, 5) is 11.3. The number of hydrogen-bond acceptors (Lipinski definition) is 3. The highest BCUT2D eigenvalue weighted by Crippen LogP contribution is 2.12. The molecule has 1 aromatic rings. The molecule has 0 aromatic heterocycles. The zero-order valence-corrected chi connectivity index (χ0v) is 10.8. The van der Waals surface area contributed by atoms with Gasteiger partial charge in [0.2, 0.25) is 5.91 Å². The van der Waals surface area contributed by atoms with Crippen LogP contribution < -0.4 is 15.8 Å². The molecule has 17 heavy (non-hydrogen) atoms. The largest absolute Gasteiger partial charge is 0.497 e. The van der Waals surface area contributed by atoms with Crippen molar-refractivity contribution in [2.75, 3.05) is 13.7 Å². The molecule has 96 valence electrons. The molecule has 1 aromatic carbocycles. The van der Waals surface area contributed by atoms with Crippen molar-refractivity contribution in [2.45, 2.75) is 19.4 Å². The van der Waals surface area contributed by atoms with Crippen LogP contribution in [-0.2, 0) is 11.3 Å². The van der Waals surface area contributed by atoms with Crippen molar-refractivity contribution >= 4 is 18.3 Å². The summed E-state index contributed by atoms with van der Waals surface area (Å²) in [6, 6.07) is 7.63. The highest BCUT2D eigenvalue weighted by molar-refractivity contribution is 5.85. The molecule has 3 N–H and O–H groups in total. The van der Waals surface area contributed by atoms with Crippen LogP contribution in [-0.4, -0.2) is 19.6 Å². The van der Waals surface area contributed by atoms with Gasteiger partial charge in [-0.2, -0.15) is 0 Å². The van der Waals surface area contributed by atoms with Crippen molar-refractivity contribution in [2.24, 2.45) is 5.73 Å². The predicted octanol–water partition coefficient (Wildman–Crippen LogP) is 1.47. The second-order valence-electron chi connectivity index (χ2n) is 3.52. The molecule has 0 unspecified atom stereocenters. The number of nitrogens with two attached hydrogens (primary N) is 1. The molecule has 0 saturated heterocycles. The Morgan fingerprint density at radius 1 is 1.47 bits per heavy atom. The number of carbonyl (C=O) groups is 1. The summed E-state index contributed by atoms with van der Waals surface area (Å²) >= 11 is 0. The standard InChI is InChI=1S/C12H18N2O2.ClH/c1-16-11-5-2-4-10(8-11)9-14-12(15)6-3-7-13;/h2,4-5,8H,3,6-7,9,13H2,1H3,(H,14,15);1H. The number of amides is 1. The Morgan fingerprint density at radius 2 is 2.24 bits per heavy atom. The number of hydrogen-bond donors (Lipinski definition) is 2. The molecular weight excluding hydrogens is 240 g/mol. The molecule has 0 bridgehead atoms. The second-order valence-corrected chi connectivity index (χ2v) is 3.52. The quantitative estimate of drug-likeness (QED) is 0.812. The second kappa shape index (κ2) is 8.84. The van der Waals surface area contributed by atoms with Gasteiger partial charge < -0.3 is 15.8 Å². The lowest BCUT2D eigenvalue weighted by Gasteiger charge is -2.06. The van der Waals surface area contributed by atoms with Gasteiger partial charge >= 0.3 is 0 Å². The number of methoxy groups -OCH3 is 1. The summed E-state index contributed by atoms with van der Waals surface area (Å²) < 4.78 is 5.10. The molecule has 0 spiro atoms. The van der Waals surface area contributed by atoms with Crippen LogP contribution in [0.4, 0.5) is 0 Å². The topological polar surface area (TPSA) is 64.3 Å². The SMILES string of the molecule is COc1cccc(CNC(=O)CCCN)c1.Cl. The van der Waals surface area contributed by atoms with Gasteiger partial charge in [-0.15, -0.1) is 12.4 Å². The maximum atomic E-state index is 11.3. The molecule has 0 saturated carbocycles. The monoisotopic (exact) mass is 258 g/mol. The summed E-state index contributed by atoms with van der Waals surface area (Å²) in [6.07, 6.45) is 1.21. The van der Waals surface area contributed by atoms with Crippen LogP contribution in [0.5, 0.6) is 5.75 Å². The molecule has 0 aliphatic heterocycles. The Morgan fingerprint density at radius 3 is 2.88 bits per heavy atom. The van der Waals surface area contributed by atoms with Crippen molar-refractivity contribution in [3.8, 4) is 5.75 Å². The van der Waals surface area contributed by atoms with E-state index in [-0.39, 0.29) is 18.3 Å². The van der Waals surface area contributed by atoms with Crippen molar-refractivity contribution in [3.63, 3.8) is 0 Å². The Hall–Kier alpha value is -1.26. The Balaban J connectivity index is 0.00000256. The van der Waals surface area contributed by atoms with Gasteiger partial charge in [0.05, 0.1) is 7.11 Å². The minimum Gasteiger partial charge on any atom is -0.497 e. The van der Waals surface area contributed by atoms with E-state index < -0.39 is 0 Å². The van der Waals surface area contributed by atoms with Crippen LogP contribution >= 0.6 is 12.4 Å². The van der Waals surface area contributed by atoms with Gasteiger partial charge in [-0.1, -0.05) is 12.1 Å². The molecule has 0 heterocycles. The maximum absolute atomic E-state index is 11.3. The third-order valence-corrected chi connectivity index (χ3v) is 2.23. The van der Waals surface area contributed by atoms with Crippen LogP contribution in [0, 0.1) is 0 Å². The molecule has 4 nitrogen and oxygen atoms in total. The van der Waals surface area contributed by atoms with E-state index in [1.165, 1.54) is 0 Å². The van der Waals surface area contributed by atoms with Gasteiger partial charge in [0.25, 0.3) is 0 Å². The van der Waals surface area contributed by atoms with Gasteiger partial charge in [0.1, 0.15) is 5.75 Å². The zero-order valence-electron chi connectivity index (χ0n) is 9.94. The number of benzene rings is 1. The Bertz CT molecular complexity index is 345. The van der Waals surface area contributed by atoms with Gasteiger partial charge in [0.15, 0.2) is 0 Å². The minimum atomic E-state index is 0. The molecule has 1 amide bonds. The molecule has 0 aliphatic rings. The lowest BCUT2D eigenvalue weighted by Crippen LogP contribution is -2.23. The summed E-state index contributed by atoms with van der Waals surface area (Å²) in [5, 5.41) is 2.84. The van der Waals surface area contributed by atoms with E-state index in [2.05, 4.69) is 5.32 Å². The van der Waals surface area contributed by atoms with E-state index in [0.717, 1.165) is 17.7 Å². The summed E-state index contributed by atoms with van der Waals surface area (Å²) in [6.45, 7) is 1.08. The fraction of sp³-hybridized carbons (Fsp3) is 0.417. The van der Waals surface area contributed by atoms with Crippen LogP contribution in [0.15, 0.2) is 24.3 Å². The van der Waals surface area contributed by atoms with Crippen molar-refractivity contribution in [3.05, 3.63) is 29.8 Å². The first-order valence-corrected chi connectivity index (χ1v) is 5.36. The van der Waals surface area contributed by atoms with E-state index in [4.69, 9.17) is 10.5 Å². The average Bonchev–Trinajstić information content (AvgIpc) is 2.34. The third-order valence-electron chi connectivity index (χ3n) is 2.23. The average molecular weight is 259 g/mol. The number of ether oxygens (including phenoxy) is 1. The summed E-state index contributed by atoms with van der Waals surface area (Å²) in [5.74, 6) is 0.835. The summed E-state index contributed by atoms with van der Waals surface area (Å²) in [5.41, 5.74) is 6.35. The first-order chi connectivity index (χ1) is 7.76. The Labute approximate surface area is 108 Å². The fourth-order valence-corrected chi connectivity index (χ4v) is 1.33. The number of nitrogens with one attached hydrogen (secondary N) is 1. The van der Waals surface area contributed by atoms with Crippen molar-refractivity contribution < 1.29 is 9.53 Å². The number of carbonyl (C=O) groups excluding carboxylic acids is 1. The smallest absolute Gasteiger partial charge is 0.220 e. The van der Waals surface area contributed by atoms with E-state index >= 15 is 0 Å². The number of rotatable bonds is 6. The molecule has 5 heteroatoms. The lowest BCUT2D eigenvalue weighted by molar-refractivity contribution is -0.121. The summed E-state index contributed by atoms with van der Waals surface area (Å²) in [7, 11) is 1.62. The fourth-order valence-electron chi connectivity index (χ4n) is 1.33. The lowest BCUT2D eigenvalue weighted by atomic mass is 10.2. The highest BCUT2D eigenvalue weighted by atomic mass is 35.5. The predicted molar refractivity (Wildman–Crippen MR) is 70.4 cm³/mol. The van der Waals surface area contributed by atoms with Crippen LogP contribution in [0.3, 0.4) is 0 Å². The normalized spacial score (nSPS) is 9.29. The molecule has 1 rings (SSSR count). The van der Waals surface area contributed by atoms with Crippen LogP contribution in [0.2, 0.25) is 0 Å². The molecule has 0 radical (unpaired) electrons. The molecule has 0 fully saturated rings. The first-order valence-electron chi connectivity index (χ1n) is 5.36. The number of halogens is 1. The molecule has 0 atom stereocenters. The van der Waals surface area contributed by atoms with E-state index in [1.54, 1.807) is 7.11 Å². The first kappa shape index (κ1) is 15.7. The van der Waals surface area contributed by atoms with Gasteiger partial charge in [-0.3, -0.25) is 4.79 Å². The van der Waals surface area contributed by atoms with Crippen molar-refractivity contribution in [1.82, 2.24) is 5.32 Å². The zero-order chi connectivity index (χ0) is 11.8. The van der Waals surface area contributed by atoms with Gasteiger partial charge in [-0.25, -0.2) is 0 Å². The van der Waals surface area contributed by atoms with Crippen LogP contribution in [0.1, 0.15) is 18.4 Å². The van der Waals surface area contributed by atoms with Crippen LogP contribution in [0.25, 0.3) is 0 Å². The minimum absolute atomic E-state index is 0. The van der Waals surface area contributed by atoms with Gasteiger partial charge in [-0.05, 0) is 30.7 Å². The highest BCUT2D eigenvalue weighted by Gasteiger charge is 2.01. The molecule has 0 aliphatic carbocycles. The maximum Gasteiger partial charge on any atom is 0.220 e.